The summed E-state index contributed by atoms with van der Waals surface area (Å²) in [6.07, 6.45) is 1.63. The van der Waals surface area contributed by atoms with Gasteiger partial charge in [0.15, 0.2) is 0 Å². The highest BCUT2D eigenvalue weighted by Gasteiger charge is 2.40. The van der Waals surface area contributed by atoms with E-state index in [1.165, 1.54) is 16.4 Å². The highest BCUT2D eigenvalue weighted by atomic mass is 32.2. The van der Waals surface area contributed by atoms with E-state index in [9.17, 15) is 12.8 Å². The zero-order valence-electron chi connectivity index (χ0n) is 19.8. The maximum absolute atomic E-state index is 13.1. The molecular formula is C25H28FN5O3S. The number of hydrogen-bond donors (Lipinski definition) is 1. The fourth-order valence-electron chi connectivity index (χ4n) is 3.85. The minimum Gasteiger partial charge on any atom is -0.497 e. The van der Waals surface area contributed by atoms with Gasteiger partial charge < -0.3 is 15.4 Å². The number of sulfonamides is 1. The molecule has 1 saturated heterocycles. The molecule has 184 valence electrons. The molecule has 0 radical (unpaired) electrons. The number of benzene rings is 2. The van der Waals surface area contributed by atoms with Crippen LogP contribution in [0.2, 0.25) is 0 Å². The molecule has 4 rings (SSSR count). The number of nitrogens with two attached hydrogens (primary N) is 1. The Bertz CT molecular complexity index is 1320. The molecule has 0 unspecified atom stereocenters. The van der Waals surface area contributed by atoms with Crippen LogP contribution in [0.15, 0.2) is 65.8 Å². The first-order chi connectivity index (χ1) is 16.7. The number of pyridine rings is 1. The van der Waals surface area contributed by atoms with Crippen molar-refractivity contribution >= 4 is 32.9 Å². The molecule has 0 saturated carbocycles. The zero-order chi connectivity index (χ0) is 25.2. The van der Waals surface area contributed by atoms with E-state index in [4.69, 9.17) is 10.5 Å². The minimum absolute atomic E-state index is 0.287. The first-order valence-corrected chi connectivity index (χ1v) is 12.6. The summed E-state index contributed by atoms with van der Waals surface area (Å²) in [6, 6.07) is 14.9. The summed E-state index contributed by atoms with van der Waals surface area (Å²) in [7, 11) is -0.287. The van der Waals surface area contributed by atoms with E-state index in [0.717, 1.165) is 11.3 Å². The van der Waals surface area contributed by atoms with Gasteiger partial charge in [0.25, 0.3) is 0 Å². The Morgan fingerprint density at radius 2 is 1.86 bits per heavy atom. The highest BCUT2D eigenvalue weighted by Crippen LogP contribution is 2.28. The SMILES string of the molecule is COc1ccc(CN(C)S(=O)(=O)C2CN(c3cc(N)c(C(C)=Nc4ccc(F)cc4)cn3)C2)cc1. The first-order valence-electron chi connectivity index (χ1n) is 11.1. The lowest BCUT2D eigenvalue weighted by Crippen LogP contribution is -2.58. The Morgan fingerprint density at radius 1 is 1.20 bits per heavy atom. The van der Waals surface area contributed by atoms with Crippen LogP contribution in [0, 0.1) is 5.82 Å². The Kier molecular flexibility index (Phi) is 7.04. The molecule has 1 aliphatic rings. The first kappa shape index (κ1) is 24.6. The van der Waals surface area contributed by atoms with Crippen molar-refractivity contribution in [3.63, 3.8) is 0 Å². The van der Waals surface area contributed by atoms with Gasteiger partial charge in [-0.2, -0.15) is 0 Å². The van der Waals surface area contributed by atoms with Crippen molar-refractivity contribution in [1.82, 2.24) is 9.29 Å². The van der Waals surface area contributed by atoms with Crippen LogP contribution in [0.5, 0.6) is 5.75 Å². The van der Waals surface area contributed by atoms with Crippen molar-refractivity contribution in [1.29, 1.82) is 0 Å². The van der Waals surface area contributed by atoms with E-state index in [-0.39, 0.29) is 12.4 Å². The van der Waals surface area contributed by atoms with Gasteiger partial charge in [-0.05, 0) is 48.9 Å². The lowest BCUT2D eigenvalue weighted by atomic mass is 10.1. The van der Waals surface area contributed by atoms with Gasteiger partial charge in [-0.1, -0.05) is 12.1 Å². The number of rotatable bonds is 8. The summed E-state index contributed by atoms with van der Waals surface area (Å²) in [6.45, 7) is 2.77. The van der Waals surface area contributed by atoms with Crippen molar-refractivity contribution < 1.29 is 17.5 Å². The normalized spacial score (nSPS) is 14.8. The molecule has 0 bridgehead atoms. The van der Waals surface area contributed by atoms with Gasteiger partial charge in [-0.3, -0.25) is 4.99 Å². The summed E-state index contributed by atoms with van der Waals surface area (Å²) in [4.78, 5) is 10.8. The number of nitrogens with zero attached hydrogens (tertiary/aromatic N) is 4. The van der Waals surface area contributed by atoms with Gasteiger partial charge in [-0.25, -0.2) is 22.1 Å². The second-order valence-corrected chi connectivity index (χ2v) is 10.8. The molecule has 0 aliphatic carbocycles. The standard InChI is InChI=1S/C25H28FN5O3S/c1-17(29-20-8-6-19(26)7-9-20)23-13-28-25(12-24(23)27)31-15-22(16-31)35(32,33)30(2)14-18-4-10-21(34-3)11-5-18/h4-13,22H,14-16H2,1-3H3,(H2,27,28). The van der Waals surface area contributed by atoms with Gasteiger partial charge in [0.1, 0.15) is 22.6 Å². The summed E-state index contributed by atoms with van der Waals surface area (Å²) in [5.41, 5.74) is 9.55. The zero-order valence-corrected chi connectivity index (χ0v) is 20.7. The highest BCUT2D eigenvalue weighted by molar-refractivity contribution is 7.89. The molecule has 35 heavy (non-hydrogen) atoms. The number of nitrogen functional groups attached to an aromatic ring is 1. The molecule has 2 heterocycles. The number of halogens is 1. The van der Waals surface area contributed by atoms with Crippen LogP contribution in [0.4, 0.5) is 21.6 Å². The number of aliphatic imine (C=N–C) groups is 1. The number of aromatic nitrogens is 1. The van der Waals surface area contributed by atoms with Gasteiger partial charge in [0.2, 0.25) is 10.0 Å². The lowest BCUT2D eigenvalue weighted by molar-refractivity contribution is 0.414. The van der Waals surface area contributed by atoms with Crippen molar-refractivity contribution in [2.24, 2.45) is 4.99 Å². The van der Waals surface area contributed by atoms with Crippen LogP contribution in [0.3, 0.4) is 0 Å². The van der Waals surface area contributed by atoms with Gasteiger partial charge >= 0.3 is 0 Å². The van der Waals surface area contributed by atoms with Crippen LogP contribution < -0.4 is 15.4 Å². The van der Waals surface area contributed by atoms with Gasteiger partial charge in [-0.15, -0.1) is 0 Å². The van der Waals surface area contributed by atoms with E-state index < -0.39 is 15.3 Å². The van der Waals surface area contributed by atoms with Crippen molar-refractivity contribution in [3.05, 3.63) is 77.7 Å². The molecule has 0 amide bonds. The number of anilines is 2. The second kappa shape index (κ2) is 10.0. The molecule has 1 aromatic heterocycles. The smallest absolute Gasteiger partial charge is 0.220 e. The van der Waals surface area contributed by atoms with Gasteiger partial charge in [0, 0.05) is 55.9 Å². The average Bonchev–Trinajstić information content (AvgIpc) is 2.80. The van der Waals surface area contributed by atoms with E-state index in [2.05, 4.69) is 9.98 Å². The molecule has 3 aromatic rings. The molecule has 1 fully saturated rings. The largest absolute Gasteiger partial charge is 0.497 e. The maximum atomic E-state index is 13.1. The predicted octanol–water partition coefficient (Wildman–Crippen LogP) is 3.60. The summed E-state index contributed by atoms with van der Waals surface area (Å²) in [5, 5.41) is -0.518. The second-order valence-electron chi connectivity index (χ2n) is 8.48. The topological polar surface area (TPSA) is 101 Å². The molecular weight excluding hydrogens is 469 g/mol. The van der Waals surface area contributed by atoms with Crippen molar-refractivity contribution in [2.45, 2.75) is 18.7 Å². The molecule has 10 heteroatoms. The summed E-state index contributed by atoms with van der Waals surface area (Å²) < 4.78 is 45.7. The van der Waals surface area contributed by atoms with Crippen molar-refractivity contribution in [2.75, 3.05) is 37.9 Å². The van der Waals surface area contributed by atoms with Crippen LogP contribution in [0.1, 0.15) is 18.1 Å². The Balaban J connectivity index is 1.39. The Morgan fingerprint density at radius 3 is 2.46 bits per heavy atom. The molecule has 8 nitrogen and oxygen atoms in total. The molecule has 0 atom stereocenters. The quantitative estimate of drug-likeness (QED) is 0.477. The molecule has 2 aromatic carbocycles. The average molecular weight is 498 g/mol. The van der Waals surface area contributed by atoms with Crippen LogP contribution in [-0.2, 0) is 16.6 Å². The number of methoxy groups -OCH3 is 1. The van der Waals surface area contributed by atoms with E-state index in [0.29, 0.717) is 41.6 Å². The summed E-state index contributed by atoms with van der Waals surface area (Å²) in [5.74, 6) is 1.02. The lowest BCUT2D eigenvalue weighted by Gasteiger charge is -2.41. The monoisotopic (exact) mass is 497 g/mol. The van der Waals surface area contributed by atoms with Crippen LogP contribution in [-0.4, -0.2) is 55.9 Å². The van der Waals surface area contributed by atoms with E-state index >= 15 is 0 Å². The summed E-state index contributed by atoms with van der Waals surface area (Å²) >= 11 is 0. The van der Waals surface area contributed by atoms with E-state index in [1.807, 2.05) is 29.2 Å². The van der Waals surface area contributed by atoms with E-state index in [1.54, 1.807) is 45.5 Å². The van der Waals surface area contributed by atoms with Crippen LogP contribution >= 0.6 is 0 Å². The third-order valence-electron chi connectivity index (χ3n) is 6.03. The maximum Gasteiger partial charge on any atom is 0.220 e. The van der Waals surface area contributed by atoms with Gasteiger partial charge in [0.05, 0.1) is 12.8 Å². The third-order valence-corrected chi connectivity index (χ3v) is 8.17. The number of hydrogen-bond acceptors (Lipinski definition) is 7. The Labute approximate surface area is 204 Å². The predicted molar refractivity (Wildman–Crippen MR) is 136 cm³/mol. The molecule has 1 aliphatic heterocycles. The molecule has 0 spiro atoms. The number of ether oxygens (including phenoxy) is 1. The fraction of sp³-hybridized carbons (Fsp3) is 0.280. The minimum atomic E-state index is -3.47. The van der Waals surface area contributed by atoms with Crippen molar-refractivity contribution in [3.8, 4) is 5.75 Å². The fourth-order valence-corrected chi connectivity index (χ4v) is 5.42. The van der Waals surface area contributed by atoms with Crippen LogP contribution in [0.25, 0.3) is 0 Å². The Hall–Kier alpha value is -3.50. The third kappa shape index (κ3) is 5.44. The molecule has 2 N–H and O–H groups in total.